The lowest BCUT2D eigenvalue weighted by atomic mass is 10.0. The van der Waals surface area contributed by atoms with Gasteiger partial charge in [-0.3, -0.25) is 4.79 Å². The number of methoxy groups -OCH3 is 1. The van der Waals surface area contributed by atoms with Crippen LogP contribution in [0.4, 0.5) is 0 Å². The predicted octanol–water partition coefficient (Wildman–Crippen LogP) is 2.03. The molecule has 3 heterocycles. The molecule has 0 saturated carbocycles. The minimum Gasteiger partial charge on any atom is -0.480 e. The number of hydrogen-bond acceptors (Lipinski definition) is 6. The van der Waals surface area contributed by atoms with Crippen LogP contribution >= 0.6 is 0 Å². The maximum absolute atomic E-state index is 12.6. The van der Waals surface area contributed by atoms with Gasteiger partial charge in [0.15, 0.2) is 0 Å². The van der Waals surface area contributed by atoms with Gasteiger partial charge in [-0.05, 0) is 25.0 Å². The van der Waals surface area contributed by atoms with Crippen molar-refractivity contribution in [1.82, 2.24) is 29.6 Å². The van der Waals surface area contributed by atoms with Gasteiger partial charge in [0.1, 0.15) is 18.3 Å². The van der Waals surface area contributed by atoms with Crippen LogP contribution in [0.3, 0.4) is 0 Å². The van der Waals surface area contributed by atoms with Crippen LogP contribution in [0, 0.1) is 0 Å². The number of aryl methyl sites for hydroxylation is 1. The third-order valence-electron chi connectivity index (χ3n) is 5.05. The van der Waals surface area contributed by atoms with E-state index in [1.807, 2.05) is 33.7 Å². The molecule has 1 aliphatic rings. The number of amides is 1. The Bertz CT molecular complexity index is 919. The zero-order valence-corrected chi connectivity index (χ0v) is 15.3. The lowest BCUT2D eigenvalue weighted by Gasteiger charge is -2.32. The van der Waals surface area contributed by atoms with E-state index >= 15 is 0 Å². The maximum atomic E-state index is 12.6. The molecule has 0 unspecified atom stereocenters. The number of nitrogens with zero attached hydrogens (tertiary/aromatic N) is 6. The molecule has 0 bridgehead atoms. The molecule has 0 aliphatic carbocycles. The second-order valence-electron chi connectivity index (χ2n) is 6.69. The zero-order valence-electron chi connectivity index (χ0n) is 15.3. The van der Waals surface area contributed by atoms with Crippen molar-refractivity contribution in [1.29, 1.82) is 0 Å². The van der Waals surface area contributed by atoms with Gasteiger partial charge in [-0.1, -0.05) is 12.1 Å². The van der Waals surface area contributed by atoms with E-state index in [9.17, 15) is 4.79 Å². The molecule has 27 heavy (non-hydrogen) atoms. The lowest BCUT2D eigenvalue weighted by molar-refractivity contribution is -0.132. The highest BCUT2D eigenvalue weighted by atomic mass is 16.5. The molecule has 1 aliphatic heterocycles. The van der Waals surface area contributed by atoms with Crippen LogP contribution in [0.25, 0.3) is 11.0 Å². The number of para-hydroxylation sites is 2. The summed E-state index contributed by atoms with van der Waals surface area (Å²) in [5, 5.41) is 7.72. The summed E-state index contributed by atoms with van der Waals surface area (Å²) in [6, 6.07) is 8.04. The third-order valence-corrected chi connectivity index (χ3v) is 5.05. The molecule has 3 aromatic rings. The van der Waals surface area contributed by atoms with Gasteiger partial charge in [0, 0.05) is 32.0 Å². The number of carbonyl (C=O) groups is 1. The Balaban J connectivity index is 1.37. The molecule has 0 spiro atoms. The molecule has 4 rings (SSSR count). The van der Waals surface area contributed by atoms with Gasteiger partial charge in [-0.15, -0.1) is 10.2 Å². The van der Waals surface area contributed by atoms with E-state index in [-0.39, 0.29) is 5.91 Å². The summed E-state index contributed by atoms with van der Waals surface area (Å²) >= 11 is 0. The summed E-state index contributed by atoms with van der Waals surface area (Å²) < 4.78 is 7.40. The fraction of sp³-hybridized carbons (Fsp3) is 0.421. The Morgan fingerprint density at radius 3 is 2.44 bits per heavy atom. The molecule has 0 atom stereocenters. The average Bonchev–Trinajstić information content (AvgIpc) is 3.26. The van der Waals surface area contributed by atoms with Crippen molar-refractivity contribution in [3.05, 3.63) is 42.6 Å². The van der Waals surface area contributed by atoms with Gasteiger partial charge in [-0.2, -0.15) is 0 Å². The van der Waals surface area contributed by atoms with E-state index in [1.54, 1.807) is 19.8 Å². The van der Waals surface area contributed by atoms with Gasteiger partial charge in [-0.25, -0.2) is 9.97 Å². The fourth-order valence-electron chi connectivity index (χ4n) is 3.54. The van der Waals surface area contributed by atoms with Crippen molar-refractivity contribution in [3.63, 3.8) is 0 Å². The summed E-state index contributed by atoms with van der Waals surface area (Å²) in [5.41, 5.74) is 2.33. The molecule has 0 N–H and O–H groups in total. The molecule has 2 aromatic heterocycles. The number of benzene rings is 1. The Hall–Kier alpha value is -3.03. The number of likely N-dealkylation sites (tertiary alicyclic amines) is 1. The quantitative estimate of drug-likeness (QED) is 0.687. The summed E-state index contributed by atoms with van der Waals surface area (Å²) in [5.74, 6) is 0.641. The number of aromatic nitrogens is 5. The van der Waals surface area contributed by atoms with Crippen molar-refractivity contribution in [2.24, 2.45) is 0 Å². The van der Waals surface area contributed by atoms with E-state index < -0.39 is 0 Å². The van der Waals surface area contributed by atoms with Crippen LogP contribution in [0.5, 0.6) is 5.88 Å². The molecule has 1 aromatic carbocycles. The summed E-state index contributed by atoms with van der Waals surface area (Å²) in [6.45, 7) is 1.50. The first-order valence-electron chi connectivity index (χ1n) is 9.16. The Morgan fingerprint density at radius 2 is 1.78 bits per heavy atom. The second kappa shape index (κ2) is 7.69. The molecule has 0 radical (unpaired) electrons. The van der Waals surface area contributed by atoms with Crippen LogP contribution in [0.15, 0.2) is 36.9 Å². The fourth-order valence-corrected chi connectivity index (χ4v) is 3.54. The summed E-state index contributed by atoms with van der Waals surface area (Å²) in [4.78, 5) is 23.7. The van der Waals surface area contributed by atoms with Crippen LogP contribution < -0.4 is 4.74 Å². The SMILES string of the molecule is COc1nc2ccccc2nc1CCC(=O)N1CCC(n2cnnc2)CC1. The standard InChI is InChI=1S/C19H22N6O2/c1-27-19-17(22-15-4-2-3-5-16(15)23-19)6-7-18(26)24-10-8-14(9-11-24)25-12-20-21-13-25/h2-5,12-14H,6-11H2,1H3. The Morgan fingerprint density at radius 1 is 1.11 bits per heavy atom. The Kier molecular flexibility index (Phi) is 4.95. The normalized spacial score (nSPS) is 15.2. The third kappa shape index (κ3) is 3.74. The second-order valence-corrected chi connectivity index (χ2v) is 6.69. The number of hydrogen-bond donors (Lipinski definition) is 0. The minimum atomic E-state index is 0.147. The number of carbonyl (C=O) groups excluding carboxylic acids is 1. The van der Waals surface area contributed by atoms with Gasteiger partial charge in [0.2, 0.25) is 11.8 Å². The first-order valence-corrected chi connectivity index (χ1v) is 9.16. The molecule has 8 heteroatoms. The van der Waals surface area contributed by atoms with E-state index in [0.717, 1.165) is 42.7 Å². The van der Waals surface area contributed by atoms with Crippen molar-refractivity contribution >= 4 is 16.9 Å². The van der Waals surface area contributed by atoms with Crippen molar-refractivity contribution in [2.75, 3.05) is 20.2 Å². The van der Waals surface area contributed by atoms with Gasteiger partial charge in [0.25, 0.3) is 0 Å². The average molecular weight is 366 g/mol. The largest absolute Gasteiger partial charge is 0.480 e. The number of rotatable bonds is 5. The van der Waals surface area contributed by atoms with Crippen LogP contribution in [-0.2, 0) is 11.2 Å². The summed E-state index contributed by atoms with van der Waals surface area (Å²) in [6.07, 6.45) is 6.25. The lowest BCUT2D eigenvalue weighted by Crippen LogP contribution is -2.39. The summed E-state index contributed by atoms with van der Waals surface area (Å²) in [7, 11) is 1.58. The van der Waals surface area contributed by atoms with Crippen LogP contribution in [0.2, 0.25) is 0 Å². The molecule has 140 valence electrons. The first-order chi connectivity index (χ1) is 13.2. The molecule has 1 fully saturated rings. The zero-order chi connectivity index (χ0) is 18.6. The predicted molar refractivity (Wildman–Crippen MR) is 99.3 cm³/mol. The van der Waals surface area contributed by atoms with E-state index in [1.165, 1.54) is 0 Å². The highest BCUT2D eigenvalue weighted by molar-refractivity contribution is 5.77. The highest BCUT2D eigenvalue weighted by Crippen LogP contribution is 2.23. The van der Waals surface area contributed by atoms with Gasteiger partial charge in [0.05, 0.1) is 18.1 Å². The van der Waals surface area contributed by atoms with Crippen molar-refractivity contribution in [3.8, 4) is 5.88 Å². The number of ether oxygens (including phenoxy) is 1. The smallest absolute Gasteiger partial charge is 0.235 e. The maximum Gasteiger partial charge on any atom is 0.235 e. The topological polar surface area (TPSA) is 86.0 Å². The van der Waals surface area contributed by atoms with E-state index in [2.05, 4.69) is 20.2 Å². The van der Waals surface area contributed by atoms with E-state index in [4.69, 9.17) is 4.74 Å². The molecular weight excluding hydrogens is 344 g/mol. The van der Waals surface area contributed by atoms with E-state index in [0.29, 0.717) is 24.8 Å². The molecule has 1 amide bonds. The van der Waals surface area contributed by atoms with Crippen LogP contribution in [0.1, 0.15) is 31.0 Å². The van der Waals surface area contributed by atoms with Gasteiger partial charge >= 0.3 is 0 Å². The number of fused-ring (bicyclic) bond motifs is 1. The van der Waals surface area contributed by atoms with Gasteiger partial charge < -0.3 is 14.2 Å². The highest BCUT2D eigenvalue weighted by Gasteiger charge is 2.24. The monoisotopic (exact) mass is 366 g/mol. The van der Waals surface area contributed by atoms with Crippen molar-refractivity contribution < 1.29 is 9.53 Å². The molecular formula is C19H22N6O2. The Labute approximate surface area is 157 Å². The first kappa shape index (κ1) is 17.4. The molecule has 8 nitrogen and oxygen atoms in total. The van der Waals surface area contributed by atoms with Crippen LogP contribution in [-0.4, -0.2) is 55.7 Å². The van der Waals surface area contributed by atoms with Crippen molar-refractivity contribution in [2.45, 2.75) is 31.7 Å². The number of piperidine rings is 1. The minimum absolute atomic E-state index is 0.147. The molecule has 1 saturated heterocycles.